The monoisotopic (exact) mass is 247 g/mol. The highest BCUT2D eigenvalue weighted by Crippen LogP contribution is 2.28. The summed E-state index contributed by atoms with van der Waals surface area (Å²) in [6, 6.07) is 0. The van der Waals surface area contributed by atoms with Gasteiger partial charge in [-0.2, -0.15) is 0 Å². The van der Waals surface area contributed by atoms with Crippen LogP contribution >= 0.6 is 24.0 Å². The molecule has 0 aromatic carbocycles. The van der Waals surface area contributed by atoms with Gasteiger partial charge in [0.15, 0.2) is 0 Å². The van der Waals surface area contributed by atoms with E-state index in [-0.39, 0.29) is 17.3 Å². The molecule has 1 rings (SSSR count). The Morgan fingerprint density at radius 3 is 2.60 bits per heavy atom. The fourth-order valence-corrected chi connectivity index (χ4v) is 3.27. The second-order valence-electron chi connectivity index (χ2n) is 3.53. The van der Waals surface area contributed by atoms with Gasteiger partial charge in [-0.25, -0.2) is 0 Å². The molecule has 0 aromatic rings. The summed E-state index contributed by atoms with van der Waals surface area (Å²) in [5, 5.41) is -0.104. The van der Waals surface area contributed by atoms with Crippen molar-refractivity contribution in [3.63, 3.8) is 0 Å². The Kier molecular flexibility index (Phi) is 4.86. The zero-order valence-electron chi connectivity index (χ0n) is 9.36. The first kappa shape index (κ1) is 12.8. The summed E-state index contributed by atoms with van der Waals surface area (Å²) in [6.07, 6.45) is 0.805. The normalized spacial score (nSPS) is 25.1. The van der Waals surface area contributed by atoms with Gasteiger partial charge in [0.1, 0.15) is 15.7 Å². The van der Waals surface area contributed by atoms with Crippen molar-refractivity contribution in [2.45, 2.75) is 38.5 Å². The van der Waals surface area contributed by atoms with Crippen LogP contribution in [0.25, 0.3) is 0 Å². The molecule has 1 aliphatic rings. The number of carbonyl (C=O) groups is 1. The van der Waals surface area contributed by atoms with E-state index in [0.717, 1.165) is 23.8 Å². The Morgan fingerprint density at radius 1 is 1.60 bits per heavy atom. The number of ether oxygens (including phenoxy) is 1. The highest BCUT2D eigenvalue weighted by molar-refractivity contribution is 8.23. The van der Waals surface area contributed by atoms with E-state index >= 15 is 0 Å². The van der Waals surface area contributed by atoms with Gasteiger partial charge < -0.3 is 9.64 Å². The van der Waals surface area contributed by atoms with E-state index in [4.69, 9.17) is 17.0 Å². The average Bonchev–Trinajstić information content (AvgIpc) is 2.47. The van der Waals surface area contributed by atoms with Crippen LogP contribution in [0.5, 0.6) is 0 Å². The lowest BCUT2D eigenvalue weighted by Gasteiger charge is -2.21. The molecule has 1 heterocycles. The minimum atomic E-state index is -0.123. The van der Waals surface area contributed by atoms with Crippen molar-refractivity contribution in [1.29, 1.82) is 0 Å². The number of rotatable bonds is 3. The van der Waals surface area contributed by atoms with Gasteiger partial charge in [-0.15, -0.1) is 0 Å². The Bertz CT molecular complexity index is 254. The molecule has 86 valence electrons. The van der Waals surface area contributed by atoms with Gasteiger partial charge in [0.25, 0.3) is 0 Å². The smallest absolute Gasteiger partial charge is 0.319 e. The first-order valence-electron chi connectivity index (χ1n) is 5.24. The standard InChI is InChI=1S/C10H17NO2S2/c1-4-11(5-2)10(14)15-8-6-7(3)13-9(8)12/h7-8H,4-6H2,1-3H3. The van der Waals surface area contributed by atoms with E-state index < -0.39 is 0 Å². The van der Waals surface area contributed by atoms with Crippen LogP contribution in [0.2, 0.25) is 0 Å². The maximum Gasteiger partial charge on any atom is 0.319 e. The highest BCUT2D eigenvalue weighted by Gasteiger charge is 2.33. The summed E-state index contributed by atoms with van der Waals surface area (Å²) >= 11 is 6.74. The predicted molar refractivity (Wildman–Crippen MR) is 67.1 cm³/mol. The largest absolute Gasteiger partial charge is 0.462 e. The van der Waals surface area contributed by atoms with Crippen LogP contribution in [0, 0.1) is 0 Å². The minimum absolute atomic E-state index is 0.0366. The minimum Gasteiger partial charge on any atom is -0.462 e. The lowest BCUT2D eigenvalue weighted by molar-refractivity contribution is -0.140. The quantitative estimate of drug-likeness (QED) is 0.562. The lowest BCUT2D eigenvalue weighted by atomic mass is 10.3. The van der Waals surface area contributed by atoms with Crippen molar-refractivity contribution < 1.29 is 9.53 Å². The summed E-state index contributed by atoms with van der Waals surface area (Å²) in [6.45, 7) is 7.82. The van der Waals surface area contributed by atoms with Crippen LogP contribution in [-0.4, -0.2) is 39.6 Å². The lowest BCUT2D eigenvalue weighted by Crippen LogP contribution is -2.29. The van der Waals surface area contributed by atoms with Crippen LogP contribution in [0.4, 0.5) is 0 Å². The first-order valence-corrected chi connectivity index (χ1v) is 6.53. The summed E-state index contributed by atoms with van der Waals surface area (Å²) in [5.74, 6) is -0.123. The zero-order chi connectivity index (χ0) is 11.4. The molecule has 1 fully saturated rings. The third-order valence-corrected chi connectivity index (χ3v) is 4.07. The van der Waals surface area contributed by atoms with Crippen molar-refractivity contribution in [3.05, 3.63) is 0 Å². The molecule has 0 bridgehead atoms. The number of thiocarbonyl (C=S) groups is 1. The number of hydrogen-bond acceptors (Lipinski definition) is 4. The Morgan fingerprint density at radius 2 is 2.20 bits per heavy atom. The molecule has 0 spiro atoms. The first-order chi connectivity index (χ1) is 7.08. The van der Waals surface area contributed by atoms with E-state index in [2.05, 4.69) is 18.7 Å². The van der Waals surface area contributed by atoms with Gasteiger partial charge >= 0.3 is 5.97 Å². The number of carbonyl (C=O) groups excluding carboxylic acids is 1. The Hall–Kier alpha value is -0.290. The van der Waals surface area contributed by atoms with E-state index in [0.29, 0.717) is 0 Å². The van der Waals surface area contributed by atoms with Gasteiger partial charge in [0.05, 0.1) is 0 Å². The highest BCUT2D eigenvalue weighted by atomic mass is 32.2. The molecule has 2 atom stereocenters. The van der Waals surface area contributed by atoms with Crippen molar-refractivity contribution in [3.8, 4) is 0 Å². The third-order valence-electron chi connectivity index (χ3n) is 2.39. The third kappa shape index (κ3) is 3.34. The van der Waals surface area contributed by atoms with Gasteiger partial charge in [-0.05, 0) is 20.8 Å². The molecule has 0 amide bonds. The molecule has 0 radical (unpaired) electrons. The fraction of sp³-hybridized carbons (Fsp3) is 0.800. The molecule has 3 nitrogen and oxygen atoms in total. The zero-order valence-corrected chi connectivity index (χ0v) is 11.0. The fourth-order valence-electron chi connectivity index (χ4n) is 1.49. The van der Waals surface area contributed by atoms with Crippen molar-refractivity contribution >= 4 is 34.3 Å². The van der Waals surface area contributed by atoms with Crippen LogP contribution in [-0.2, 0) is 9.53 Å². The maximum atomic E-state index is 11.4. The summed E-state index contributed by atoms with van der Waals surface area (Å²) in [5.41, 5.74) is 0. The molecule has 0 N–H and O–H groups in total. The van der Waals surface area contributed by atoms with Gasteiger partial charge in [-0.3, -0.25) is 4.79 Å². The van der Waals surface area contributed by atoms with Crippen LogP contribution in [0.3, 0.4) is 0 Å². The molecule has 2 unspecified atom stereocenters. The van der Waals surface area contributed by atoms with E-state index in [9.17, 15) is 4.79 Å². The molecule has 5 heteroatoms. The number of thioether (sulfide) groups is 1. The Labute approximate surface area is 101 Å². The topological polar surface area (TPSA) is 29.5 Å². The van der Waals surface area contributed by atoms with E-state index in [1.165, 1.54) is 11.8 Å². The molecule has 1 aliphatic heterocycles. The second kappa shape index (κ2) is 5.70. The van der Waals surface area contributed by atoms with Crippen LogP contribution in [0.1, 0.15) is 27.2 Å². The average molecular weight is 247 g/mol. The summed E-state index contributed by atoms with van der Waals surface area (Å²) < 4.78 is 5.89. The number of nitrogens with zero attached hydrogens (tertiary/aromatic N) is 1. The van der Waals surface area contributed by atoms with Crippen LogP contribution in [0.15, 0.2) is 0 Å². The second-order valence-corrected chi connectivity index (χ2v) is 5.36. The summed E-state index contributed by atoms with van der Waals surface area (Å²) in [7, 11) is 0. The van der Waals surface area contributed by atoms with E-state index in [1.807, 2.05) is 6.92 Å². The molecular formula is C10H17NO2S2. The van der Waals surface area contributed by atoms with Gasteiger partial charge in [-0.1, -0.05) is 24.0 Å². The number of hydrogen-bond donors (Lipinski definition) is 0. The van der Waals surface area contributed by atoms with Crippen molar-refractivity contribution in [2.24, 2.45) is 0 Å². The maximum absolute atomic E-state index is 11.4. The molecule has 0 aromatic heterocycles. The summed E-state index contributed by atoms with van der Waals surface area (Å²) in [4.78, 5) is 13.5. The SMILES string of the molecule is CCN(CC)C(=S)SC1CC(C)OC1=O. The number of esters is 1. The molecule has 0 aliphatic carbocycles. The van der Waals surface area contributed by atoms with Crippen LogP contribution < -0.4 is 0 Å². The molecular weight excluding hydrogens is 230 g/mol. The van der Waals surface area contributed by atoms with Crippen molar-refractivity contribution in [1.82, 2.24) is 4.90 Å². The molecule has 1 saturated heterocycles. The van der Waals surface area contributed by atoms with Crippen molar-refractivity contribution in [2.75, 3.05) is 13.1 Å². The van der Waals surface area contributed by atoms with Gasteiger partial charge in [0, 0.05) is 19.5 Å². The van der Waals surface area contributed by atoms with E-state index in [1.54, 1.807) is 0 Å². The van der Waals surface area contributed by atoms with Gasteiger partial charge in [0.2, 0.25) is 0 Å². The molecule has 0 saturated carbocycles. The Balaban J connectivity index is 2.47. The molecule has 15 heavy (non-hydrogen) atoms. The number of cyclic esters (lactones) is 1. The predicted octanol–water partition coefficient (Wildman–Crippen LogP) is 2.05.